The van der Waals surface area contributed by atoms with Crippen LogP contribution in [-0.2, 0) is 22.4 Å². The first-order valence-corrected chi connectivity index (χ1v) is 7.33. The molecule has 1 aromatic rings. The third-order valence-electron chi connectivity index (χ3n) is 3.61. The van der Waals surface area contributed by atoms with E-state index in [9.17, 15) is 9.59 Å². The fourth-order valence-electron chi connectivity index (χ4n) is 2.63. The molecule has 1 amide bonds. The zero-order valence-electron chi connectivity index (χ0n) is 12.4. The van der Waals surface area contributed by atoms with Gasteiger partial charge in [0, 0.05) is 12.1 Å². The Kier molecular flexibility index (Phi) is 5.14. The summed E-state index contributed by atoms with van der Waals surface area (Å²) in [6, 6.07) is 5.81. The number of ether oxygens (including phenoxy) is 1. The first-order chi connectivity index (χ1) is 10.2. The van der Waals surface area contributed by atoms with E-state index in [2.05, 4.69) is 6.58 Å². The highest BCUT2D eigenvalue weighted by Crippen LogP contribution is 2.23. The smallest absolute Gasteiger partial charge is 0.325 e. The van der Waals surface area contributed by atoms with Gasteiger partial charge < -0.3 is 9.64 Å². The SMILES string of the molecule is C=CCN(CC(=O)OCC)C(=O)c1ccc2c(c1)CCC2. The quantitative estimate of drug-likeness (QED) is 0.596. The Morgan fingerprint density at radius 2 is 2.10 bits per heavy atom. The zero-order valence-corrected chi connectivity index (χ0v) is 12.4. The molecule has 21 heavy (non-hydrogen) atoms. The van der Waals surface area contributed by atoms with Crippen LogP contribution in [0.3, 0.4) is 0 Å². The van der Waals surface area contributed by atoms with Crippen LogP contribution in [0.15, 0.2) is 30.9 Å². The Balaban J connectivity index is 2.13. The van der Waals surface area contributed by atoms with Gasteiger partial charge in [0.2, 0.25) is 0 Å². The molecule has 0 heterocycles. The van der Waals surface area contributed by atoms with Crippen molar-refractivity contribution in [3.8, 4) is 0 Å². The second-order valence-electron chi connectivity index (χ2n) is 5.12. The van der Waals surface area contributed by atoms with E-state index in [1.54, 1.807) is 13.0 Å². The Morgan fingerprint density at radius 3 is 2.81 bits per heavy atom. The lowest BCUT2D eigenvalue weighted by atomic mass is 10.1. The molecule has 4 heteroatoms. The first kappa shape index (κ1) is 15.3. The Morgan fingerprint density at radius 1 is 1.33 bits per heavy atom. The van der Waals surface area contributed by atoms with E-state index in [4.69, 9.17) is 4.74 Å². The topological polar surface area (TPSA) is 46.6 Å². The van der Waals surface area contributed by atoms with E-state index in [-0.39, 0.29) is 12.5 Å². The van der Waals surface area contributed by atoms with Gasteiger partial charge in [0.15, 0.2) is 0 Å². The molecule has 0 aliphatic heterocycles. The number of carbonyl (C=O) groups excluding carboxylic acids is 2. The van der Waals surface area contributed by atoms with E-state index < -0.39 is 5.97 Å². The minimum absolute atomic E-state index is 0.0459. The number of nitrogens with zero attached hydrogens (tertiary/aromatic N) is 1. The van der Waals surface area contributed by atoms with Gasteiger partial charge in [-0.1, -0.05) is 12.1 Å². The van der Waals surface area contributed by atoms with Crippen molar-refractivity contribution in [2.75, 3.05) is 19.7 Å². The minimum Gasteiger partial charge on any atom is -0.465 e. The van der Waals surface area contributed by atoms with Crippen LogP contribution in [0.25, 0.3) is 0 Å². The van der Waals surface area contributed by atoms with Crippen LogP contribution in [-0.4, -0.2) is 36.5 Å². The second-order valence-corrected chi connectivity index (χ2v) is 5.12. The predicted octanol–water partition coefficient (Wildman–Crippen LogP) is 2.37. The monoisotopic (exact) mass is 287 g/mol. The molecule has 4 nitrogen and oxygen atoms in total. The number of rotatable bonds is 6. The van der Waals surface area contributed by atoms with Crippen LogP contribution in [0.2, 0.25) is 0 Å². The average Bonchev–Trinajstić information content (AvgIpc) is 2.93. The molecule has 0 saturated carbocycles. The van der Waals surface area contributed by atoms with Crippen LogP contribution in [0.4, 0.5) is 0 Å². The number of amides is 1. The number of benzene rings is 1. The standard InChI is InChI=1S/C17H21NO3/c1-3-10-18(12-16(19)21-4-2)17(20)15-9-8-13-6-5-7-14(13)11-15/h3,8-9,11H,1,4-7,10,12H2,2H3. The van der Waals surface area contributed by atoms with E-state index in [1.807, 2.05) is 18.2 Å². The van der Waals surface area contributed by atoms with E-state index in [0.29, 0.717) is 18.7 Å². The predicted molar refractivity (Wildman–Crippen MR) is 81.2 cm³/mol. The molecule has 0 bridgehead atoms. The Labute approximate surface area is 125 Å². The lowest BCUT2D eigenvalue weighted by Crippen LogP contribution is -2.36. The van der Waals surface area contributed by atoms with Gasteiger partial charge in [-0.2, -0.15) is 0 Å². The maximum Gasteiger partial charge on any atom is 0.325 e. The summed E-state index contributed by atoms with van der Waals surface area (Å²) in [5, 5.41) is 0. The van der Waals surface area contributed by atoms with E-state index in [1.165, 1.54) is 16.0 Å². The minimum atomic E-state index is -0.395. The van der Waals surface area contributed by atoms with Gasteiger partial charge in [-0.05, 0) is 49.4 Å². The molecule has 0 aromatic heterocycles. The van der Waals surface area contributed by atoms with Gasteiger partial charge in [-0.3, -0.25) is 9.59 Å². The van der Waals surface area contributed by atoms with Gasteiger partial charge in [0.1, 0.15) is 6.54 Å². The van der Waals surface area contributed by atoms with Crippen molar-refractivity contribution in [3.05, 3.63) is 47.5 Å². The Hall–Kier alpha value is -2.10. The summed E-state index contributed by atoms with van der Waals surface area (Å²) in [6.45, 7) is 5.99. The molecule has 0 atom stereocenters. The maximum atomic E-state index is 12.5. The molecule has 0 N–H and O–H groups in total. The van der Waals surface area contributed by atoms with Crippen molar-refractivity contribution in [1.82, 2.24) is 4.90 Å². The van der Waals surface area contributed by atoms with E-state index >= 15 is 0 Å². The largest absolute Gasteiger partial charge is 0.465 e. The molecule has 1 aliphatic carbocycles. The molecule has 0 radical (unpaired) electrons. The summed E-state index contributed by atoms with van der Waals surface area (Å²) >= 11 is 0. The van der Waals surface area contributed by atoms with Gasteiger partial charge in [-0.15, -0.1) is 6.58 Å². The van der Waals surface area contributed by atoms with E-state index in [0.717, 1.165) is 19.3 Å². The van der Waals surface area contributed by atoms with Crippen molar-refractivity contribution in [2.24, 2.45) is 0 Å². The maximum absolute atomic E-state index is 12.5. The molecule has 0 saturated heterocycles. The third-order valence-corrected chi connectivity index (χ3v) is 3.61. The molecule has 0 spiro atoms. The fraction of sp³-hybridized carbons (Fsp3) is 0.412. The van der Waals surface area contributed by atoms with Crippen LogP contribution in [0.1, 0.15) is 34.8 Å². The number of hydrogen-bond donors (Lipinski definition) is 0. The molecule has 2 rings (SSSR count). The van der Waals surface area contributed by atoms with Crippen LogP contribution in [0, 0.1) is 0 Å². The zero-order chi connectivity index (χ0) is 15.2. The van der Waals surface area contributed by atoms with Gasteiger partial charge in [0.05, 0.1) is 6.61 Å². The average molecular weight is 287 g/mol. The summed E-state index contributed by atoms with van der Waals surface area (Å²) < 4.78 is 4.91. The molecular formula is C17H21NO3. The molecule has 0 unspecified atom stereocenters. The highest BCUT2D eigenvalue weighted by molar-refractivity contribution is 5.96. The van der Waals surface area contributed by atoms with Crippen molar-refractivity contribution in [2.45, 2.75) is 26.2 Å². The van der Waals surface area contributed by atoms with Crippen molar-refractivity contribution < 1.29 is 14.3 Å². The number of aryl methyl sites for hydroxylation is 2. The summed E-state index contributed by atoms with van der Waals surface area (Å²) in [6.07, 6.45) is 4.87. The third kappa shape index (κ3) is 3.72. The summed E-state index contributed by atoms with van der Waals surface area (Å²) in [7, 11) is 0. The number of hydrogen-bond acceptors (Lipinski definition) is 3. The van der Waals surface area contributed by atoms with Gasteiger partial charge in [0.25, 0.3) is 5.91 Å². The number of carbonyl (C=O) groups is 2. The second kappa shape index (κ2) is 7.07. The molecule has 0 fully saturated rings. The summed E-state index contributed by atoms with van der Waals surface area (Å²) in [4.78, 5) is 25.6. The fourth-order valence-corrected chi connectivity index (χ4v) is 2.63. The van der Waals surface area contributed by atoms with Crippen molar-refractivity contribution >= 4 is 11.9 Å². The molecular weight excluding hydrogens is 266 g/mol. The number of esters is 1. The van der Waals surface area contributed by atoms with Crippen molar-refractivity contribution in [1.29, 1.82) is 0 Å². The van der Waals surface area contributed by atoms with Crippen LogP contribution >= 0.6 is 0 Å². The summed E-state index contributed by atoms with van der Waals surface area (Å²) in [5.74, 6) is -0.550. The lowest BCUT2D eigenvalue weighted by molar-refractivity contribution is -0.143. The lowest BCUT2D eigenvalue weighted by Gasteiger charge is -2.20. The molecule has 112 valence electrons. The highest BCUT2D eigenvalue weighted by Gasteiger charge is 2.20. The molecule has 1 aliphatic rings. The van der Waals surface area contributed by atoms with Crippen LogP contribution < -0.4 is 0 Å². The van der Waals surface area contributed by atoms with Gasteiger partial charge >= 0.3 is 5.97 Å². The summed E-state index contributed by atoms with van der Waals surface area (Å²) in [5.41, 5.74) is 3.20. The van der Waals surface area contributed by atoms with Crippen LogP contribution in [0.5, 0.6) is 0 Å². The van der Waals surface area contributed by atoms with Gasteiger partial charge in [-0.25, -0.2) is 0 Å². The highest BCUT2D eigenvalue weighted by atomic mass is 16.5. The normalized spacial score (nSPS) is 12.6. The Bertz CT molecular complexity index is 551. The van der Waals surface area contributed by atoms with Crippen molar-refractivity contribution in [3.63, 3.8) is 0 Å². The first-order valence-electron chi connectivity index (χ1n) is 7.33. The number of fused-ring (bicyclic) bond motifs is 1. The molecule has 1 aromatic carbocycles.